The van der Waals surface area contributed by atoms with Crippen molar-refractivity contribution in [1.82, 2.24) is 5.32 Å². The molecule has 0 spiro atoms. The Kier molecular flexibility index (Phi) is 20.0. The zero-order valence-electron chi connectivity index (χ0n) is 15.3. The molecule has 0 unspecified atom stereocenters. The van der Waals surface area contributed by atoms with Gasteiger partial charge in [-0.15, -0.1) is 0 Å². The van der Waals surface area contributed by atoms with Crippen LogP contribution in [-0.4, -0.2) is 13.1 Å². The number of rotatable bonds is 18. The molecule has 22 heavy (non-hydrogen) atoms. The van der Waals surface area contributed by atoms with Crippen molar-refractivity contribution in [2.75, 3.05) is 13.1 Å². The summed E-state index contributed by atoms with van der Waals surface area (Å²) >= 11 is 0. The van der Waals surface area contributed by atoms with Gasteiger partial charge < -0.3 is 11.1 Å². The molecule has 3 N–H and O–H groups in total. The first kappa shape index (κ1) is 21.5. The zero-order valence-corrected chi connectivity index (χ0v) is 15.3. The van der Waals surface area contributed by atoms with Gasteiger partial charge in [0.2, 0.25) is 0 Å². The number of nitrogens with one attached hydrogen (secondary N) is 1. The Bertz CT molecular complexity index is 214. The molecule has 0 fully saturated rings. The average molecular weight is 311 g/mol. The van der Waals surface area contributed by atoms with Gasteiger partial charge in [0.1, 0.15) is 0 Å². The second kappa shape index (κ2) is 20.5. The number of allylic oxidation sites excluding steroid dienone is 1. The highest BCUT2D eigenvalue weighted by molar-refractivity contribution is 4.79. The lowest BCUT2D eigenvalue weighted by Crippen LogP contribution is -2.16. The molecule has 132 valence electrons. The fourth-order valence-corrected chi connectivity index (χ4v) is 2.79. The minimum absolute atomic E-state index is 0.712. The molecule has 0 saturated heterocycles. The lowest BCUT2D eigenvalue weighted by atomic mass is 10.0. The van der Waals surface area contributed by atoms with E-state index >= 15 is 0 Å². The van der Waals surface area contributed by atoms with E-state index in [9.17, 15) is 0 Å². The van der Waals surface area contributed by atoms with Gasteiger partial charge in [-0.3, -0.25) is 0 Å². The summed E-state index contributed by atoms with van der Waals surface area (Å²) in [7, 11) is 0. The summed E-state index contributed by atoms with van der Waals surface area (Å²) in [5.41, 5.74) is 5.40. The van der Waals surface area contributed by atoms with E-state index in [0.29, 0.717) is 6.54 Å². The Morgan fingerprint density at radius 3 is 1.59 bits per heavy atom. The summed E-state index contributed by atoms with van der Waals surface area (Å²) in [4.78, 5) is 0. The maximum atomic E-state index is 5.40. The number of hydrogen-bond donors (Lipinski definition) is 2. The van der Waals surface area contributed by atoms with E-state index in [4.69, 9.17) is 5.73 Å². The minimum Gasteiger partial charge on any atom is -0.390 e. The number of hydrogen-bond acceptors (Lipinski definition) is 2. The van der Waals surface area contributed by atoms with Gasteiger partial charge in [0, 0.05) is 13.1 Å². The quantitative estimate of drug-likeness (QED) is 0.308. The van der Waals surface area contributed by atoms with Crippen LogP contribution in [0, 0.1) is 0 Å². The van der Waals surface area contributed by atoms with Crippen molar-refractivity contribution in [1.29, 1.82) is 0 Å². The Balaban J connectivity index is 2.98. The molecule has 0 aliphatic rings. The molecule has 2 heteroatoms. The second-order valence-electron chi connectivity index (χ2n) is 6.53. The van der Waals surface area contributed by atoms with Crippen LogP contribution in [0.1, 0.15) is 103 Å². The summed E-state index contributed by atoms with van der Waals surface area (Å²) in [6, 6.07) is 0. The van der Waals surface area contributed by atoms with Gasteiger partial charge in [-0.25, -0.2) is 0 Å². The van der Waals surface area contributed by atoms with E-state index in [1.807, 2.05) is 0 Å². The predicted octanol–water partition coefficient (Wildman–Crippen LogP) is 5.92. The van der Waals surface area contributed by atoms with Gasteiger partial charge in [-0.1, -0.05) is 96.5 Å². The molecule has 0 heterocycles. The molecule has 0 aromatic rings. The highest BCUT2D eigenvalue weighted by atomic mass is 14.8. The van der Waals surface area contributed by atoms with Gasteiger partial charge in [-0.05, 0) is 19.0 Å². The summed E-state index contributed by atoms with van der Waals surface area (Å²) < 4.78 is 0. The zero-order chi connectivity index (χ0) is 16.1. The molecule has 0 amide bonds. The molecular formula is C20H42N2. The van der Waals surface area contributed by atoms with E-state index in [-0.39, 0.29) is 0 Å². The summed E-state index contributed by atoms with van der Waals surface area (Å²) in [6.07, 6.45) is 25.5. The van der Waals surface area contributed by atoms with Crippen molar-refractivity contribution < 1.29 is 0 Å². The van der Waals surface area contributed by atoms with Crippen molar-refractivity contribution >= 4 is 0 Å². The molecule has 0 aromatic carbocycles. The van der Waals surface area contributed by atoms with Crippen molar-refractivity contribution in [3.63, 3.8) is 0 Å². The van der Waals surface area contributed by atoms with Crippen molar-refractivity contribution in [3.05, 3.63) is 12.3 Å². The Hall–Kier alpha value is -0.500. The van der Waals surface area contributed by atoms with Gasteiger partial charge in [-0.2, -0.15) is 0 Å². The summed E-state index contributed by atoms with van der Waals surface area (Å²) in [5, 5.41) is 3.18. The summed E-state index contributed by atoms with van der Waals surface area (Å²) in [5.74, 6) is 0. The molecule has 0 bridgehead atoms. The highest BCUT2D eigenvalue weighted by Crippen LogP contribution is 2.13. The first-order chi connectivity index (χ1) is 10.9. The summed E-state index contributed by atoms with van der Waals surface area (Å²) in [6.45, 7) is 3.88. The fraction of sp³-hybridized carbons (Fsp3) is 0.900. The highest BCUT2D eigenvalue weighted by Gasteiger charge is 1.93. The minimum atomic E-state index is 0.712. The third kappa shape index (κ3) is 19.5. The normalized spacial score (nSPS) is 11.4. The molecule has 2 nitrogen and oxygen atoms in total. The monoisotopic (exact) mass is 310 g/mol. The molecule has 0 radical (unpaired) electrons. The number of nitrogens with two attached hydrogens (primary N) is 1. The van der Waals surface area contributed by atoms with E-state index in [1.165, 1.54) is 96.3 Å². The van der Waals surface area contributed by atoms with Crippen molar-refractivity contribution in [2.45, 2.75) is 103 Å². The SMILES string of the molecule is CCCCCCCCCCCCCCCCC=CNCCN. The van der Waals surface area contributed by atoms with Crippen molar-refractivity contribution in [2.24, 2.45) is 5.73 Å². The van der Waals surface area contributed by atoms with Crippen LogP contribution in [0.3, 0.4) is 0 Å². The lowest BCUT2D eigenvalue weighted by Gasteiger charge is -2.03. The largest absolute Gasteiger partial charge is 0.390 e. The molecule has 0 aliphatic carbocycles. The molecule has 0 aliphatic heterocycles. The topological polar surface area (TPSA) is 38.0 Å². The van der Waals surface area contributed by atoms with Crippen LogP contribution in [-0.2, 0) is 0 Å². The first-order valence-electron chi connectivity index (χ1n) is 10.00. The maximum Gasteiger partial charge on any atom is 0.0264 e. The van der Waals surface area contributed by atoms with Crippen LogP contribution < -0.4 is 11.1 Å². The van der Waals surface area contributed by atoms with E-state index in [0.717, 1.165) is 6.54 Å². The van der Waals surface area contributed by atoms with Gasteiger partial charge in [0.05, 0.1) is 0 Å². The lowest BCUT2D eigenvalue weighted by molar-refractivity contribution is 0.536. The van der Waals surface area contributed by atoms with Crippen LogP contribution in [0.15, 0.2) is 12.3 Å². The maximum absolute atomic E-state index is 5.40. The van der Waals surface area contributed by atoms with Crippen LogP contribution in [0.4, 0.5) is 0 Å². The van der Waals surface area contributed by atoms with Gasteiger partial charge in [0.15, 0.2) is 0 Å². The van der Waals surface area contributed by atoms with Gasteiger partial charge >= 0.3 is 0 Å². The number of unbranched alkanes of at least 4 members (excludes halogenated alkanes) is 14. The van der Waals surface area contributed by atoms with Gasteiger partial charge in [0.25, 0.3) is 0 Å². The van der Waals surface area contributed by atoms with Crippen LogP contribution in [0.2, 0.25) is 0 Å². The Morgan fingerprint density at radius 1 is 0.682 bits per heavy atom. The third-order valence-electron chi connectivity index (χ3n) is 4.25. The van der Waals surface area contributed by atoms with E-state index in [1.54, 1.807) is 0 Å². The molecular weight excluding hydrogens is 268 g/mol. The van der Waals surface area contributed by atoms with E-state index in [2.05, 4.69) is 24.5 Å². The van der Waals surface area contributed by atoms with Crippen LogP contribution >= 0.6 is 0 Å². The average Bonchev–Trinajstić information content (AvgIpc) is 2.54. The third-order valence-corrected chi connectivity index (χ3v) is 4.25. The second-order valence-corrected chi connectivity index (χ2v) is 6.53. The fourth-order valence-electron chi connectivity index (χ4n) is 2.79. The Labute approximate surface area is 140 Å². The molecule has 0 saturated carbocycles. The van der Waals surface area contributed by atoms with Crippen molar-refractivity contribution in [3.8, 4) is 0 Å². The van der Waals surface area contributed by atoms with Crippen LogP contribution in [0.25, 0.3) is 0 Å². The van der Waals surface area contributed by atoms with E-state index < -0.39 is 0 Å². The smallest absolute Gasteiger partial charge is 0.0264 e. The van der Waals surface area contributed by atoms with Crippen LogP contribution in [0.5, 0.6) is 0 Å². The molecule has 0 atom stereocenters. The standard InChI is InChI=1S/C20H42N2/c1-2-3-4-5-6-7-8-9-10-11-12-13-14-15-16-17-19-22-20-18-21/h17,19,22H,2-16,18,20-21H2,1H3. The molecule has 0 aromatic heterocycles. The Morgan fingerprint density at radius 2 is 1.14 bits per heavy atom. The first-order valence-corrected chi connectivity index (χ1v) is 10.00. The predicted molar refractivity (Wildman–Crippen MR) is 101 cm³/mol. The molecule has 0 rings (SSSR count).